The van der Waals surface area contributed by atoms with Crippen molar-refractivity contribution in [2.45, 2.75) is 38.6 Å². The van der Waals surface area contributed by atoms with E-state index in [0.29, 0.717) is 11.4 Å². The average molecular weight is 399 g/mol. The van der Waals surface area contributed by atoms with Crippen molar-refractivity contribution < 1.29 is 4.79 Å². The Kier molecular flexibility index (Phi) is 5.57. The first kappa shape index (κ1) is 19.8. The Morgan fingerprint density at radius 2 is 1.97 bits per heavy atom. The molecule has 1 aliphatic rings. The lowest BCUT2D eigenvalue weighted by Crippen LogP contribution is -2.12. The van der Waals surface area contributed by atoms with Crippen molar-refractivity contribution in [3.05, 3.63) is 72.6 Å². The number of allylic oxidation sites excluding steroid dienone is 5. The standard InChI is InChI=1S/C24H25N5O/c1-16-7-5-3-4-6-8-20(14-9-16)29-24-21(23(25)26-15-27-24)22(28-29)19-12-10-18(11-13-19)17(2)30/h3-5,7,10-13,15,20H,1,6,8-9,14H2,2H3,(H2,25,26,27)/b4-3-,7-5-. The van der Waals surface area contributed by atoms with Crippen LogP contribution in [0.5, 0.6) is 0 Å². The van der Waals surface area contributed by atoms with Gasteiger partial charge in [-0.3, -0.25) is 4.79 Å². The molecule has 0 fully saturated rings. The van der Waals surface area contributed by atoms with Crippen LogP contribution in [0.25, 0.3) is 22.3 Å². The summed E-state index contributed by atoms with van der Waals surface area (Å²) >= 11 is 0. The minimum atomic E-state index is 0.0311. The van der Waals surface area contributed by atoms with E-state index in [4.69, 9.17) is 10.8 Å². The fraction of sp³-hybridized carbons (Fsp3) is 0.250. The minimum absolute atomic E-state index is 0.0311. The summed E-state index contributed by atoms with van der Waals surface area (Å²) in [6.45, 7) is 5.70. The van der Waals surface area contributed by atoms with E-state index in [1.807, 2.05) is 35.0 Å². The van der Waals surface area contributed by atoms with Gasteiger partial charge in [-0.15, -0.1) is 0 Å². The Morgan fingerprint density at radius 3 is 2.73 bits per heavy atom. The largest absolute Gasteiger partial charge is 0.383 e. The Bertz CT molecular complexity index is 1150. The first-order valence-electron chi connectivity index (χ1n) is 10.2. The molecule has 0 bridgehead atoms. The Labute approximate surface area is 175 Å². The SMILES string of the molecule is C=C1/C=C\C=C/CCC(n2nc(-c3ccc(C(C)=O)cc3)c3c(N)ncnc32)CC1. The van der Waals surface area contributed by atoms with Gasteiger partial charge in [0.15, 0.2) is 11.4 Å². The van der Waals surface area contributed by atoms with Gasteiger partial charge in [0.05, 0.1) is 11.4 Å². The molecule has 152 valence electrons. The van der Waals surface area contributed by atoms with E-state index in [9.17, 15) is 4.79 Å². The van der Waals surface area contributed by atoms with Crippen LogP contribution in [0, 0.1) is 0 Å². The van der Waals surface area contributed by atoms with Gasteiger partial charge in [0.1, 0.15) is 17.8 Å². The van der Waals surface area contributed by atoms with Crippen LogP contribution in [0.3, 0.4) is 0 Å². The number of anilines is 1. The van der Waals surface area contributed by atoms with E-state index >= 15 is 0 Å². The summed E-state index contributed by atoms with van der Waals surface area (Å²) in [5.74, 6) is 0.438. The zero-order valence-electron chi connectivity index (χ0n) is 17.1. The predicted octanol–water partition coefficient (Wildman–Crippen LogP) is 5.06. The molecule has 0 amide bonds. The third-order valence-electron chi connectivity index (χ3n) is 5.47. The minimum Gasteiger partial charge on any atom is -0.383 e. The third-order valence-corrected chi connectivity index (χ3v) is 5.47. The Hall–Kier alpha value is -3.54. The number of Topliss-reactive ketones (excluding diaryl/α,β-unsaturated/α-hetero) is 1. The van der Waals surface area contributed by atoms with Crippen molar-refractivity contribution in [2.24, 2.45) is 0 Å². The van der Waals surface area contributed by atoms with Crippen LogP contribution in [0.1, 0.15) is 49.0 Å². The number of aromatic nitrogens is 4. The molecule has 6 nitrogen and oxygen atoms in total. The van der Waals surface area contributed by atoms with Crippen molar-refractivity contribution in [3.8, 4) is 11.3 Å². The highest BCUT2D eigenvalue weighted by Gasteiger charge is 2.22. The fourth-order valence-electron chi connectivity index (χ4n) is 3.79. The summed E-state index contributed by atoms with van der Waals surface area (Å²) in [6, 6.07) is 7.59. The van der Waals surface area contributed by atoms with Crippen molar-refractivity contribution in [3.63, 3.8) is 0 Å². The van der Waals surface area contributed by atoms with E-state index in [-0.39, 0.29) is 11.8 Å². The molecule has 0 saturated heterocycles. The number of hydrogen-bond acceptors (Lipinski definition) is 5. The monoisotopic (exact) mass is 399 g/mol. The normalized spacial score (nSPS) is 19.5. The molecule has 4 rings (SSSR count). The van der Waals surface area contributed by atoms with Gasteiger partial charge in [-0.25, -0.2) is 14.6 Å². The zero-order valence-corrected chi connectivity index (χ0v) is 17.1. The number of rotatable bonds is 3. The van der Waals surface area contributed by atoms with Crippen LogP contribution in [-0.2, 0) is 0 Å². The van der Waals surface area contributed by atoms with Gasteiger partial charge in [-0.2, -0.15) is 5.10 Å². The van der Waals surface area contributed by atoms with E-state index in [1.54, 1.807) is 6.92 Å². The van der Waals surface area contributed by atoms with Crippen LogP contribution in [-0.4, -0.2) is 25.5 Å². The summed E-state index contributed by atoms with van der Waals surface area (Å²) in [7, 11) is 0. The maximum atomic E-state index is 11.6. The number of nitrogen functional groups attached to an aromatic ring is 1. The van der Waals surface area contributed by atoms with Gasteiger partial charge in [-0.1, -0.05) is 60.7 Å². The number of nitrogens with two attached hydrogens (primary N) is 1. The molecule has 0 spiro atoms. The number of carbonyl (C=O) groups is 1. The smallest absolute Gasteiger partial charge is 0.164 e. The Morgan fingerprint density at radius 1 is 1.17 bits per heavy atom. The number of nitrogens with zero attached hydrogens (tertiary/aromatic N) is 4. The first-order valence-corrected chi connectivity index (χ1v) is 10.2. The van der Waals surface area contributed by atoms with E-state index in [2.05, 4.69) is 34.8 Å². The second kappa shape index (κ2) is 8.45. The highest BCUT2D eigenvalue weighted by molar-refractivity contribution is 5.99. The van der Waals surface area contributed by atoms with Crippen LogP contribution in [0.4, 0.5) is 5.82 Å². The highest BCUT2D eigenvalue weighted by atomic mass is 16.1. The topological polar surface area (TPSA) is 86.7 Å². The zero-order chi connectivity index (χ0) is 21.1. The summed E-state index contributed by atoms with van der Waals surface area (Å²) in [5.41, 5.74) is 10.4. The Balaban J connectivity index is 1.80. The molecule has 1 aromatic carbocycles. The van der Waals surface area contributed by atoms with Gasteiger partial charge in [-0.05, 0) is 32.6 Å². The predicted molar refractivity (Wildman–Crippen MR) is 120 cm³/mol. The summed E-state index contributed by atoms with van der Waals surface area (Å²) in [6.07, 6.45) is 13.5. The number of carbonyl (C=O) groups excluding carboxylic acids is 1. The maximum Gasteiger partial charge on any atom is 0.164 e. The van der Waals surface area contributed by atoms with Crippen molar-refractivity contribution in [1.82, 2.24) is 19.7 Å². The third kappa shape index (κ3) is 3.94. The van der Waals surface area contributed by atoms with Crippen LogP contribution >= 0.6 is 0 Å². The molecule has 0 saturated carbocycles. The van der Waals surface area contributed by atoms with Crippen LogP contribution in [0.2, 0.25) is 0 Å². The number of ketones is 1. The quantitative estimate of drug-likeness (QED) is 0.622. The van der Waals surface area contributed by atoms with Gasteiger partial charge in [0.25, 0.3) is 0 Å². The summed E-state index contributed by atoms with van der Waals surface area (Å²) in [4.78, 5) is 20.4. The molecule has 6 heteroatoms. The second-order valence-corrected chi connectivity index (χ2v) is 7.60. The second-order valence-electron chi connectivity index (χ2n) is 7.60. The van der Waals surface area contributed by atoms with Gasteiger partial charge in [0.2, 0.25) is 0 Å². The van der Waals surface area contributed by atoms with E-state index in [0.717, 1.165) is 53.5 Å². The molecule has 3 aromatic rings. The molecule has 0 aliphatic heterocycles. The van der Waals surface area contributed by atoms with E-state index in [1.165, 1.54) is 6.33 Å². The van der Waals surface area contributed by atoms with Crippen molar-refractivity contribution in [2.75, 3.05) is 5.73 Å². The molecule has 0 radical (unpaired) electrons. The molecular formula is C24H25N5O. The van der Waals surface area contributed by atoms with Crippen LogP contribution < -0.4 is 5.73 Å². The molecule has 30 heavy (non-hydrogen) atoms. The fourth-order valence-corrected chi connectivity index (χ4v) is 3.79. The maximum absolute atomic E-state index is 11.6. The van der Waals surface area contributed by atoms with Crippen molar-refractivity contribution in [1.29, 1.82) is 0 Å². The van der Waals surface area contributed by atoms with E-state index < -0.39 is 0 Å². The van der Waals surface area contributed by atoms with Gasteiger partial charge >= 0.3 is 0 Å². The van der Waals surface area contributed by atoms with Crippen molar-refractivity contribution >= 4 is 22.6 Å². The molecule has 2 aromatic heterocycles. The molecule has 1 unspecified atom stereocenters. The number of fused-ring (bicyclic) bond motifs is 1. The molecule has 1 aliphatic carbocycles. The lowest BCUT2D eigenvalue weighted by atomic mass is 10.0. The average Bonchev–Trinajstić information content (AvgIpc) is 3.14. The molecule has 2 N–H and O–H groups in total. The lowest BCUT2D eigenvalue weighted by molar-refractivity contribution is 0.101. The number of hydrogen-bond donors (Lipinski definition) is 1. The summed E-state index contributed by atoms with van der Waals surface area (Å²) in [5, 5.41) is 5.70. The van der Waals surface area contributed by atoms with Gasteiger partial charge < -0.3 is 5.73 Å². The highest BCUT2D eigenvalue weighted by Crippen LogP contribution is 2.34. The lowest BCUT2D eigenvalue weighted by Gasteiger charge is -2.18. The first-order chi connectivity index (χ1) is 14.5. The number of benzene rings is 1. The van der Waals surface area contributed by atoms with Gasteiger partial charge in [0, 0.05) is 11.1 Å². The summed E-state index contributed by atoms with van der Waals surface area (Å²) < 4.78 is 1.99. The molecule has 2 heterocycles. The molecule has 1 atom stereocenters. The van der Waals surface area contributed by atoms with Crippen LogP contribution in [0.15, 0.2) is 67.0 Å². The molecular weight excluding hydrogens is 374 g/mol.